The van der Waals surface area contributed by atoms with Crippen molar-refractivity contribution in [1.29, 1.82) is 0 Å². The van der Waals surface area contributed by atoms with E-state index in [2.05, 4.69) is 20.4 Å². The Bertz CT molecular complexity index is 1450. The van der Waals surface area contributed by atoms with Crippen LogP contribution in [0.2, 0.25) is 0 Å². The first-order valence-electron chi connectivity index (χ1n) is 10.6. The molecule has 9 nitrogen and oxygen atoms in total. The van der Waals surface area contributed by atoms with Crippen LogP contribution in [0.25, 0.3) is 5.78 Å². The molecule has 0 bridgehead atoms. The van der Waals surface area contributed by atoms with Gasteiger partial charge >= 0.3 is 0 Å². The molecule has 0 unspecified atom stereocenters. The first-order chi connectivity index (χ1) is 16.4. The molecular weight excluding hydrogens is 454 g/mol. The minimum absolute atomic E-state index is 0.0792. The molecule has 0 atom stereocenters. The zero-order valence-corrected chi connectivity index (χ0v) is 19.6. The Hall–Kier alpha value is -3.92. The summed E-state index contributed by atoms with van der Waals surface area (Å²) in [5, 5.41) is 7.95. The fourth-order valence-electron chi connectivity index (χ4n) is 3.75. The van der Waals surface area contributed by atoms with E-state index in [9.17, 15) is 9.59 Å². The molecule has 2 aromatic carbocycles. The number of benzene rings is 2. The van der Waals surface area contributed by atoms with Gasteiger partial charge in [0, 0.05) is 34.3 Å². The third-order valence-electron chi connectivity index (χ3n) is 5.36. The summed E-state index contributed by atoms with van der Waals surface area (Å²) in [5.74, 6) is 1.49. The van der Waals surface area contributed by atoms with Crippen LogP contribution in [0.1, 0.15) is 44.6 Å². The summed E-state index contributed by atoms with van der Waals surface area (Å²) >= 11 is 1.42. The highest BCUT2D eigenvalue weighted by molar-refractivity contribution is 7.98. The maximum absolute atomic E-state index is 13.2. The number of rotatable bonds is 6. The molecule has 0 radical (unpaired) electrons. The Morgan fingerprint density at radius 1 is 1.06 bits per heavy atom. The third kappa shape index (κ3) is 4.19. The summed E-state index contributed by atoms with van der Waals surface area (Å²) < 4.78 is 12.5. The van der Waals surface area contributed by atoms with Crippen LogP contribution in [0, 0.1) is 13.8 Å². The largest absolute Gasteiger partial charge is 0.454 e. The van der Waals surface area contributed by atoms with Crippen molar-refractivity contribution < 1.29 is 19.1 Å². The second-order valence-electron chi connectivity index (χ2n) is 7.85. The van der Waals surface area contributed by atoms with E-state index in [1.807, 2.05) is 32.0 Å². The Morgan fingerprint density at radius 2 is 1.82 bits per heavy atom. The minimum Gasteiger partial charge on any atom is -0.454 e. The van der Waals surface area contributed by atoms with Crippen molar-refractivity contribution in [2.75, 3.05) is 12.1 Å². The third-order valence-corrected chi connectivity index (χ3v) is 6.24. The highest BCUT2D eigenvalue weighted by Gasteiger charge is 2.21. The van der Waals surface area contributed by atoms with Crippen LogP contribution in [0.3, 0.4) is 0 Å². The molecule has 4 aromatic rings. The van der Waals surface area contributed by atoms with E-state index < -0.39 is 0 Å². The normalized spacial score (nSPS) is 12.2. The number of anilines is 1. The van der Waals surface area contributed by atoms with Crippen molar-refractivity contribution in [3.63, 3.8) is 0 Å². The van der Waals surface area contributed by atoms with Gasteiger partial charge in [-0.25, -0.2) is 9.50 Å². The molecule has 3 heterocycles. The molecule has 0 fully saturated rings. The van der Waals surface area contributed by atoms with E-state index in [4.69, 9.17) is 9.47 Å². The van der Waals surface area contributed by atoms with E-state index in [0.29, 0.717) is 45.0 Å². The van der Waals surface area contributed by atoms with Crippen molar-refractivity contribution in [2.45, 2.75) is 31.7 Å². The van der Waals surface area contributed by atoms with Gasteiger partial charge in [-0.2, -0.15) is 4.98 Å². The number of ether oxygens (including phenoxy) is 2. The number of Topliss-reactive ketones (excluding diaryl/α,β-unsaturated/α-hetero) is 1. The number of nitrogens with one attached hydrogen (secondary N) is 1. The number of thioether (sulfide) groups is 1. The van der Waals surface area contributed by atoms with E-state index in [1.165, 1.54) is 18.7 Å². The second-order valence-corrected chi connectivity index (χ2v) is 8.79. The average molecular weight is 476 g/mol. The molecule has 0 saturated carbocycles. The molecule has 10 heteroatoms. The van der Waals surface area contributed by atoms with Gasteiger partial charge in [-0.1, -0.05) is 30.0 Å². The first-order valence-corrected chi connectivity index (χ1v) is 11.6. The summed E-state index contributed by atoms with van der Waals surface area (Å²) in [7, 11) is 0. The number of aromatic nitrogens is 4. The molecule has 1 amide bonds. The lowest BCUT2D eigenvalue weighted by atomic mass is 10.1. The topological polar surface area (TPSA) is 108 Å². The number of carbonyl (C=O) groups excluding carboxylic acids is 2. The number of ketones is 1. The Kier molecular flexibility index (Phi) is 5.66. The monoisotopic (exact) mass is 475 g/mol. The number of amides is 1. The average Bonchev–Trinajstić information content (AvgIpc) is 3.43. The number of nitrogens with zero attached hydrogens (tertiary/aromatic N) is 4. The van der Waals surface area contributed by atoms with Gasteiger partial charge in [-0.3, -0.25) is 9.59 Å². The SMILES string of the molecule is CC(=O)c1cc2c(cc1NC(=O)c1ccccc1CSc1nc3nc(C)cc(C)n3n1)OCO2. The van der Waals surface area contributed by atoms with Gasteiger partial charge in [-0.15, -0.1) is 5.10 Å². The highest BCUT2D eigenvalue weighted by atomic mass is 32.2. The molecule has 172 valence electrons. The Balaban J connectivity index is 1.38. The summed E-state index contributed by atoms with van der Waals surface area (Å²) in [4.78, 5) is 34.3. The van der Waals surface area contributed by atoms with Crippen LogP contribution >= 0.6 is 11.8 Å². The molecule has 0 spiro atoms. The summed E-state index contributed by atoms with van der Waals surface area (Å²) in [6, 6.07) is 12.5. The van der Waals surface area contributed by atoms with Gasteiger partial charge in [0.05, 0.1) is 5.69 Å². The number of aryl methyl sites for hydroxylation is 2. The maximum Gasteiger partial charge on any atom is 0.255 e. The van der Waals surface area contributed by atoms with Gasteiger partial charge in [0.1, 0.15) is 0 Å². The zero-order valence-electron chi connectivity index (χ0n) is 18.8. The van der Waals surface area contributed by atoms with Crippen molar-refractivity contribution in [3.8, 4) is 11.5 Å². The van der Waals surface area contributed by atoms with Crippen molar-refractivity contribution >= 4 is 34.9 Å². The lowest BCUT2D eigenvalue weighted by molar-refractivity contribution is 0.101. The Morgan fingerprint density at radius 3 is 2.62 bits per heavy atom. The first kappa shape index (κ1) is 21.9. The van der Waals surface area contributed by atoms with Crippen LogP contribution in [-0.4, -0.2) is 38.1 Å². The molecule has 1 aliphatic heterocycles. The number of hydrogen-bond donors (Lipinski definition) is 1. The zero-order chi connectivity index (χ0) is 23.8. The van der Waals surface area contributed by atoms with Gasteiger partial charge in [0.2, 0.25) is 11.9 Å². The predicted octanol–water partition coefficient (Wildman–Crippen LogP) is 4.22. The fraction of sp³-hybridized carbons (Fsp3) is 0.208. The van der Waals surface area contributed by atoms with Crippen molar-refractivity contribution in [3.05, 3.63) is 70.5 Å². The van der Waals surface area contributed by atoms with Crippen LogP contribution in [0.15, 0.2) is 47.6 Å². The quantitative estimate of drug-likeness (QED) is 0.326. The molecule has 34 heavy (non-hydrogen) atoms. The number of hydrogen-bond acceptors (Lipinski definition) is 8. The maximum atomic E-state index is 13.2. The van der Waals surface area contributed by atoms with Crippen LogP contribution < -0.4 is 14.8 Å². The molecule has 2 aromatic heterocycles. The molecular formula is C24H21N5O4S. The summed E-state index contributed by atoms with van der Waals surface area (Å²) in [5.41, 5.74) is 3.88. The molecule has 0 saturated heterocycles. The highest BCUT2D eigenvalue weighted by Crippen LogP contribution is 2.37. The van der Waals surface area contributed by atoms with E-state index in [1.54, 1.807) is 28.8 Å². The standard InChI is InChI=1S/C24H21N5O4S/c1-13-8-14(2)29-23(25-13)27-24(28-29)34-11-16-6-4-5-7-17(16)22(31)26-19-10-21-20(32-12-33-21)9-18(19)15(3)30/h4-10H,11-12H2,1-3H3,(H,26,31). The predicted molar refractivity (Wildman–Crippen MR) is 127 cm³/mol. The van der Waals surface area contributed by atoms with Gasteiger partial charge in [-0.05, 0) is 44.5 Å². The van der Waals surface area contributed by atoms with E-state index in [-0.39, 0.29) is 18.5 Å². The minimum atomic E-state index is -0.325. The number of carbonyl (C=O) groups is 2. The molecule has 1 N–H and O–H groups in total. The number of fused-ring (bicyclic) bond motifs is 2. The smallest absolute Gasteiger partial charge is 0.255 e. The lowest BCUT2D eigenvalue weighted by Crippen LogP contribution is -2.16. The Labute approximate surface area is 199 Å². The lowest BCUT2D eigenvalue weighted by Gasteiger charge is -2.13. The van der Waals surface area contributed by atoms with Gasteiger partial charge in [0.25, 0.3) is 11.7 Å². The van der Waals surface area contributed by atoms with Gasteiger partial charge < -0.3 is 14.8 Å². The van der Waals surface area contributed by atoms with Crippen molar-refractivity contribution in [1.82, 2.24) is 19.6 Å². The molecule has 0 aliphatic carbocycles. The van der Waals surface area contributed by atoms with E-state index >= 15 is 0 Å². The van der Waals surface area contributed by atoms with Gasteiger partial charge in [0.15, 0.2) is 17.3 Å². The molecule has 1 aliphatic rings. The second kappa shape index (κ2) is 8.79. The summed E-state index contributed by atoms with van der Waals surface area (Å²) in [6.45, 7) is 5.39. The van der Waals surface area contributed by atoms with E-state index in [0.717, 1.165) is 17.0 Å². The molecule has 5 rings (SSSR count). The van der Waals surface area contributed by atoms with Crippen LogP contribution in [-0.2, 0) is 5.75 Å². The van der Waals surface area contributed by atoms with Crippen LogP contribution in [0.5, 0.6) is 11.5 Å². The fourth-order valence-corrected chi connectivity index (χ4v) is 4.57. The summed E-state index contributed by atoms with van der Waals surface area (Å²) in [6.07, 6.45) is 0. The van der Waals surface area contributed by atoms with Crippen molar-refractivity contribution in [2.24, 2.45) is 0 Å². The van der Waals surface area contributed by atoms with Crippen LogP contribution in [0.4, 0.5) is 5.69 Å².